The Morgan fingerprint density at radius 1 is 1.05 bits per heavy atom. The zero-order chi connectivity index (χ0) is 16.4. The standard InChI is InChI=1S/C16H21NO5/c1-3-21-14(18)11-17-15(19)13(16(20)22-4-2)10-12-8-6-5-7-9-12/h5-9,13H,3-4,10-11H2,1-2H3,(H,17,19). The third-order valence-corrected chi connectivity index (χ3v) is 2.88. The summed E-state index contributed by atoms with van der Waals surface area (Å²) in [5.74, 6) is -2.68. The van der Waals surface area contributed by atoms with Gasteiger partial charge in [0.25, 0.3) is 0 Å². The molecule has 6 nitrogen and oxygen atoms in total. The van der Waals surface area contributed by atoms with Gasteiger partial charge in [0.1, 0.15) is 12.5 Å². The molecule has 0 saturated carbocycles. The van der Waals surface area contributed by atoms with Crippen molar-refractivity contribution in [1.82, 2.24) is 5.32 Å². The normalized spacial score (nSPS) is 11.4. The van der Waals surface area contributed by atoms with Crippen LogP contribution in [-0.2, 0) is 30.3 Å². The highest BCUT2D eigenvalue weighted by atomic mass is 16.5. The topological polar surface area (TPSA) is 81.7 Å². The molecule has 6 heteroatoms. The van der Waals surface area contributed by atoms with E-state index >= 15 is 0 Å². The van der Waals surface area contributed by atoms with Crippen LogP contribution in [0.1, 0.15) is 19.4 Å². The smallest absolute Gasteiger partial charge is 0.325 e. The minimum Gasteiger partial charge on any atom is -0.465 e. The van der Waals surface area contributed by atoms with E-state index < -0.39 is 23.8 Å². The highest BCUT2D eigenvalue weighted by Crippen LogP contribution is 2.11. The van der Waals surface area contributed by atoms with E-state index in [4.69, 9.17) is 9.47 Å². The quantitative estimate of drug-likeness (QED) is 0.574. The lowest BCUT2D eigenvalue weighted by Gasteiger charge is -2.15. The first-order chi connectivity index (χ1) is 10.6. The first-order valence-corrected chi connectivity index (χ1v) is 7.22. The summed E-state index contributed by atoms with van der Waals surface area (Å²) in [6.07, 6.45) is 0.217. The van der Waals surface area contributed by atoms with Crippen molar-refractivity contribution in [2.75, 3.05) is 19.8 Å². The number of rotatable bonds is 8. The van der Waals surface area contributed by atoms with Crippen molar-refractivity contribution < 1.29 is 23.9 Å². The highest BCUT2D eigenvalue weighted by Gasteiger charge is 2.28. The molecule has 0 aliphatic heterocycles. The Balaban J connectivity index is 2.70. The van der Waals surface area contributed by atoms with Crippen LogP contribution in [0.25, 0.3) is 0 Å². The number of carbonyl (C=O) groups is 3. The molecule has 1 amide bonds. The van der Waals surface area contributed by atoms with Gasteiger partial charge in [0.15, 0.2) is 0 Å². The van der Waals surface area contributed by atoms with Crippen LogP contribution in [0, 0.1) is 5.92 Å². The SMILES string of the molecule is CCOC(=O)CNC(=O)C(Cc1ccccc1)C(=O)OCC. The van der Waals surface area contributed by atoms with Crippen LogP contribution in [-0.4, -0.2) is 37.6 Å². The van der Waals surface area contributed by atoms with Crippen molar-refractivity contribution in [3.05, 3.63) is 35.9 Å². The third kappa shape index (κ3) is 5.95. The number of hydrogen-bond acceptors (Lipinski definition) is 5. The summed E-state index contributed by atoms with van der Waals surface area (Å²) < 4.78 is 9.66. The molecule has 1 atom stereocenters. The summed E-state index contributed by atoms with van der Waals surface area (Å²) in [6.45, 7) is 3.51. The lowest BCUT2D eigenvalue weighted by Crippen LogP contribution is -2.40. The molecule has 0 saturated heterocycles. The Kier molecular flexibility index (Phi) is 7.67. The molecule has 0 radical (unpaired) electrons. The summed E-state index contributed by atoms with van der Waals surface area (Å²) in [5, 5.41) is 2.41. The van der Waals surface area contributed by atoms with Crippen LogP contribution in [0.4, 0.5) is 0 Å². The van der Waals surface area contributed by atoms with Crippen molar-refractivity contribution in [2.24, 2.45) is 5.92 Å². The Morgan fingerprint density at radius 2 is 1.68 bits per heavy atom. The van der Waals surface area contributed by atoms with Gasteiger partial charge in [-0.25, -0.2) is 0 Å². The van der Waals surface area contributed by atoms with Crippen LogP contribution in [0.15, 0.2) is 30.3 Å². The van der Waals surface area contributed by atoms with Gasteiger partial charge >= 0.3 is 11.9 Å². The molecule has 1 N–H and O–H groups in total. The van der Waals surface area contributed by atoms with Crippen LogP contribution >= 0.6 is 0 Å². The molecular weight excluding hydrogens is 286 g/mol. The van der Waals surface area contributed by atoms with E-state index in [1.807, 2.05) is 30.3 Å². The number of nitrogens with one attached hydrogen (secondary N) is 1. The third-order valence-electron chi connectivity index (χ3n) is 2.88. The Labute approximate surface area is 129 Å². The highest BCUT2D eigenvalue weighted by molar-refractivity contribution is 5.99. The average Bonchev–Trinajstić information content (AvgIpc) is 2.52. The molecule has 0 bridgehead atoms. The van der Waals surface area contributed by atoms with E-state index in [9.17, 15) is 14.4 Å². The van der Waals surface area contributed by atoms with Crippen molar-refractivity contribution in [2.45, 2.75) is 20.3 Å². The molecule has 0 aliphatic rings. The molecular formula is C16H21NO5. The fraction of sp³-hybridized carbons (Fsp3) is 0.438. The van der Waals surface area contributed by atoms with Gasteiger partial charge < -0.3 is 14.8 Å². The first-order valence-electron chi connectivity index (χ1n) is 7.22. The maximum atomic E-state index is 12.2. The second kappa shape index (κ2) is 9.55. The van der Waals surface area contributed by atoms with Crippen molar-refractivity contribution >= 4 is 17.8 Å². The predicted molar refractivity (Wildman–Crippen MR) is 79.9 cm³/mol. The van der Waals surface area contributed by atoms with Gasteiger partial charge in [-0.05, 0) is 25.8 Å². The molecule has 0 fully saturated rings. The molecule has 0 aliphatic carbocycles. The number of esters is 2. The maximum absolute atomic E-state index is 12.2. The summed E-state index contributed by atoms with van der Waals surface area (Å²) in [4.78, 5) is 35.4. The fourth-order valence-electron chi connectivity index (χ4n) is 1.87. The molecule has 1 aromatic rings. The van der Waals surface area contributed by atoms with E-state index in [2.05, 4.69) is 5.32 Å². The zero-order valence-corrected chi connectivity index (χ0v) is 12.8. The molecule has 1 rings (SSSR count). The van der Waals surface area contributed by atoms with Gasteiger partial charge in [0.05, 0.1) is 13.2 Å². The maximum Gasteiger partial charge on any atom is 0.325 e. The van der Waals surface area contributed by atoms with Crippen LogP contribution in [0.3, 0.4) is 0 Å². The molecule has 1 aromatic carbocycles. The number of amides is 1. The molecule has 0 aromatic heterocycles. The molecule has 1 unspecified atom stereocenters. The van der Waals surface area contributed by atoms with Gasteiger partial charge in [0.2, 0.25) is 5.91 Å². The molecule has 0 heterocycles. The van der Waals surface area contributed by atoms with Crippen LogP contribution < -0.4 is 5.32 Å². The van der Waals surface area contributed by atoms with Crippen molar-refractivity contribution in [1.29, 1.82) is 0 Å². The van der Waals surface area contributed by atoms with Crippen LogP contribution in [0.5, 0.6) is 0 Å². The summed E-state index contributed by atoms with van der Waals surface area (Å²) in [6, 6.07) is 9.15. The lowest BCUT2D eigenvalue weighted by molar-refractivity contribution is -0.153. The van der Waals surface area contributed by atoms with E-state index in [0.29, 0.717) is 0 Å². The minimum atomic E-state index is -0.989. The Hall–Kier alpha value is -2.37. The predicted octanol–water partition coefficient (Wildman–Crippen LogP) is 1.09. The molecule has 0 spiro atoms. The monoisotopic (exact) mass is 307 g/mol. The first kappa shape index (κ1) is 17.7. The lowest BCUT2D eigenvalue weighted by atomic mass is 9.98. The summed E-state index contributed by atoms with van der Waals surface area (Å²) in [5.41, 5.74) is 0.840. The Bertz CT molecular complexity index is 501. The summed E-state index contributed by atoms with van der Waals surface area (Å²) in [7, 11) is 0. The average molecular weight is 307 g/mol. The number of carbonyl (C=O) groups excluding carboxylic acids is 3. The second-order valence-electron chi connectivity index (χ2n) is 4.52. The van der Waals surface area contributed by atoms with Gasteiger partial charge in [-0.2, -0.15) is 0 Å². The van der Waals surface area contributed by atoms with Gasteiger partial charge in [-0.15, -0.1) is 0 Å². The van der Waals surface area contributed by atoms with Crippen LogP contribution in [0.2, 0.25) is 0 Å². The Morgan fingerprint density at radius 3 is 2.27 bits per heavy atom. The van der Waals surface area contributed by atoms with Gasteiger partial charge in [-0.3, -0.25) is 14.4 Å². The van der Waals surface area contributed by atoms with Crippen molar-refractivity contribution in [3.8, 4) is 0 Å². The molecule has 120 valence electrons. The summed E-state index contributed by atoms with van der Waals surface area (Å²) >= 11 is 0. The van der Waals surface area contributed by atoms with Crippen molar-refractivity contribution in [3.63, 3.8) is 0 Å². The minimum absolute atomic E-state index is 0.190. The number of hydrogen-bond donors (Lipinski definition) is 1. The second-order valence-corrected chi connectivity index (χ2v) is 4.52. The number of benzene rings is 1. The molecule has 22 heavy (non-hydrogen) atoms. The fourth-order valence-corrected chi connectivity index (χ4v) is 1.87. The number of ether oxygens (including phenoxy) is 2. The largest absolute Gasteiger partial charge is 0.465 e. The van der Waals surface area contributed by atoms with E-state index in [0.717, 1.165) is 5.56 Å². The zero-order valence-electron chi connectivity index (χ0n) is 12.8. The van der Waals surface area contributed by atoms with E-state index in [1.165, 1.54) is 0 Å². The van der Waals surface area contributed by atoms with E-state index in [-0.39, 0.29) is 26.2 Å². The van der Waals surface area contributed by atoms with Gasteiger partial charge in [0, 0.05) is 0 Å². The van der Waals surface area contributed by atoms with Gasteiger partial charge in [-0.1, -0.05) is 30.3 Å². The van der Waals surface area contributed by atoms with E-state index in [1.54, 1.807) is 13.8 Å².